The lowest BCUT2D eigenvalue weighted by Crippen LogP contribution is -2.25. The van der Waals surface area contributed by atoms with Crippen LogP contribution in [0.2, 0.25) is 5.02 Å². The van der Waals surface area contributed by atoms with Crippen LogP contribution in [0, 0.1) is 13.8 Å². The van der Waals surface area contributed by atoms with Crippen LogP contribution >= 0.6 is 23.4 Å². The van der Waals surface area contributed by atoms with E-state index in [1.54, 1.807) is 11.8 Å². The maximum absolute atomic E-state index is 11.9. The molecule has 0 fully saturated rings. The lowest BCUT2D eigenvalue weighted by Gasteiger charge is -2.07. The fourth-order valence-corrected chi connectivity index (χ4v) is 3.09. The molecule has 0 saturated carbocycles. The number of hydrogen-bond donors (Lipinski definition) is 1. The van der Waals surface area contributed by atoms with Gasteiger partial charge in [-0.25, -0.2) is 0 Å². The molecule has 0 saturated heterocycles. The van der Waals surface area contributed by atoms with Gasteiger partial charge in [-0.3, -0.25) is 4.79 Å². The van der Waals surface area contributed by atoms with E-state index in [9.17, 15) is 4.79 Å². The third-order valence-corrected chi connectivity index (χ3v) is 4.98. The SMILES string of the molecule is Cc1ccc(CCC(=O)NCCSc2ccc(Cl)cc2)cc1C. The Kier molecular flexibility index (Phi) is 7.00. The van der Waals surface area contributed by atoms with Crippen LogP contribution in [0.1, 0.15) is 23.1 Å². The minimum Gasteiger partial charge on any atom is -0.355 e. The van der Waals surface area contributed by atoms with Gasteiger partial charge in [0.2, 0.25) is 5.91 Å². The Morgan fingerprint density at radius 3 is 2.52 bits per heavy atom. The number of rotatable bonds is 7. The maximum atomic E-state index is 11.9. The van der Waals surface area contributed by atoms with E-state index in [2.05, 4.69) is 37.4 Å². The molecule has 0 bridgehead atoms. The van der Waals surface area contributed by atoms with E-state index in [1.165, 1.54) is 21.6 Å². The Morgan fingerprint density at radius 1 is 1.09 bits per heavy atom. The number of halogens is 1. The number of thioether (sulfide) groups is 1. The zero-order chi connectivity index (χ0) is 16.7. The summed E-state index contributed by atoms with van der Waals surface area (Å²) < 4.78 is 0. The van der Waals surface area contributed by atoms with Crippen LogP contribution in [0.3, 0.4) is 0 Å². The topological polar surface area (TPSA) is 29.1 Å². The summed E-state index contributed by atoms with van der Waals surface area (Å²) in [6.45, 7) is 4.89. The van der Waals surface area contributed by atoms with Gasteiger partial charge in [0.1, 0.15) is 0 Å². The summed E-state index contributed by atoms with van der Waals surface area (Å²) in [4.78, 5) is 13.1. The average molecular weight is 348 g/mol. The zero-order valence-corrected chi connectivity index (χ0v) is 15.1. The van der Waals surface area contributed by atoms with Crippen molar-refractivity contribution in [2.75, 3.05) is 12.3 Å². The van der Waals surface area contributed by atoms with Gasteiger partial charge >= 0.3 is 0 Å². The second-order valence-electron chi connectivity index (χ2n) is 5.57. The smallest absolute Gasteiger partial charge is 0.220 e. The number of benzene rings is 2. The minimum absolute atomic E-state index is 0.111. The van der Waals surface area contributed by atoms with Crippen molar-refractivity contribution in [2.45, 2.75) is 31.6 Å². The van der Waals surface area contributed by atoms with E-state index in [0.717, 1.165) is 17.2 Å². The van der Waals surface area contributed by atoms with Gasteiger partial charge < -0.3 is 5.32 Å². The summed E-state index contributed by atoms with van der Waals surface area (Å²) in [5.74, 6) is 0.969. The standard InChI is InChI=1S/C19H22ClNOS/c1-14-3-4-16(13-15(14)2)5-10-19(22)21-11-12-23-18-8-6-17(20)7-9-18/h3-4,6-9,13H,5,10-12H2,1-2H3,(H,21,22). The van der Waals surface area contributed by atoms with E-state index < -0.39 is 0 Å². The molecule has 0 spiro atoms. The van der Waals surface area contributed by atoms with Crippen LogP contribution in [0.5, 0.6) is 0 Å². The predicted molar refractivity (Wildman–Crippen MR) is 99.4 cm³/mol. The van der Waals surface area contributed by atoms with Crippen molar-refractivity contribution < 1.29 is 4.79 Å². The van der Waals surface area contributed by atoms with Gasteiger partial charge in [0.25, 0.3) is 0 Å². The number of amides is 1. The van der Waals surface area contributed by atoms with Crippen molar-refractivity contribution >= 4 is 29.3 Å². The van der Waals surface area contributed by atoms with Crippen molar-refractivity contribution in [1.82, 2.24) is 5.32 Å². The first-order valence-electron chi connectivity index (χ1n) is 7.76. The van der Waals surface area contributed by atoms with Crippen LogP contribution in [-0.2, 0) is 11.2 Å². The van der Waals surface area contributed by atoms with Crippen LogP contribution in [0.25, 0.3) is 0 Å². The van der Waals surface area contributed by atoms with E-state index in [0.29, 0.717) is 13.0 Å². The first-order valence-corrected chi connectivity index (χ1v) is 9.12. The zero-order valence-electron chi connectivity index (χ0n) is 13.6. The number of aryl methyl sites for hydroxylation is 3. The van der Waals surface area contributed by atoms with Crippen molar-refractivity contribution in [3.8, 4) is 0 Å². The van der Waals surface area contributed by atoms with Gasteiger partial charge in [-0.15, -0.1) is 11.8 Å². The van der Waals surface area contributed by atoms with Gasteiger partial charge in [0.05, 0.1) is 0 Å². The molecule has 0 unspecified atom stereocenters. The summed E-state index contributed by atoms with van der Waals surface area (Å²) in [6, 6.07) is 14.1. The number of carbonyl (C=O) groups excluding carboxylic acids is 1. The third-order valence-electron chi connectivity index (χ3n) is 3.72. The second kappa shape index (κ2) is 8.99. The van der Waals surface area contributed by atoms with Crippen LogP contribution in [-0.4, -0.2) is 18.2 Å². The lowest BCUT2D eigenvalue weighted by atomic mass is 10.0. The first kappa shape index (κ1) is 17.9. The monoisotopic (exact) mass is 347 g/mol. The summed E-state index contributed by atoms with van der Waals surface area (Å²) in [7, 11) is 0. The van der Waals surface area contributed by atoms with Crippen molar-refractivity contribution in [3.63, 3.8) is 0 Å². The fraction of sp³-hybridized carbons (Fsp3) is 0.316. The molecule has 4 heteroatoms. The highest BCUT2D eigenvalue weighted by Gasteiger charge is 2.03. The average Bonchev–Trinajstić information content (AvgIpc) is 2.54. The van der Waals surface area contributed by atoms with Gasteiger partial charge in [0, 0.05) is 28.6 Å². The first-order chi connectivity index (χ1) is 11.0. The highest BCUT2D eigenvalue weighted by Crippen LogP contribution is 2.19. The summed E-state index contributed by atoms with van der Waals surface area (Å²) >= 11 is 7.57. The molecule has 1 N–H and O–H groups in total. The van der Waals surface area contributed by atoms with Crippen molar-refractivity contribution in [3.05, 3.63) is 64.2 Å². The molecule has 0 aromatic heterocycles. The van der Waals surface area contributed by atoms with Gasteiger partial charge in [-0.05, 0) is 61.2 Å². The molecule has 0 atom stereocenters. The Bertz CT molecular complexity index is 655. The molecule has 0 aliphatic rings. The summed E-state index contributed by atoms with van der Waals surface area (Å²) in [5, 5.41) is 3.72. The number of hydrogen-bond acceptors (Lipinski definition) is 2. The van der Waals surface area contributed by atoms with Crippen LogP contribution in [0.4, 0.5) is 0 Å². The molecule has 23 heavy (non-hydrogen) atoms. The van der Waals surface area contributed by atoms with E-state index >= 15 is 0 Å². The number of nitrogens with one attached hydrogen (secondary N) is 1. The Balaban J connectivity index is 1.65. The molecular formula is C19H22ClNOS. The molecule has 0 radical (unpaired) electrons. The Hall–Kier alpha value is -1.45. The highest BCUT2D eigenvalue weighted by molar-refractivity contribution is 7.99. The van der Waals surface area contributed by atoms with E-state index in [4.69, 9.17) is 11.6 Å². The molecule has 1 amide bonds. The lowest BCUT2D eigenvalue weighted by molar-refractivity contribution is -0.120. The molecule has 122 valence electrons. The third kappa shape index (κ3) is 6.28. The Morgan fingerprint density at radius 2 is 1.83 bits per heavy atom. The van der Waals surface area contributed by atoms with E-state index in [1.807, 2.05) is 24.3 Å². The maximum Gasteiger partial charge on any atom is 0.220 e. The van der Waals surface area contributed by atoms with E-state index in [-0.39, 0.29) is 5.91 Å². The van der Waals surface area contributed by atoms with Crippen molar-refractivity contribution in [2.24, 2.45) is 0 Å². The fourth-order valence-electron chi connectivity index (χ4n) is 2.20. The normalized spacial score (nSPS) is 10.6. The molecule has 2 nitrogen and oxygen atoms in total. The number of carbonyl (C=O) groups is 1. The quantitative estimate of drug-likeness (QED) is 0.576. The summed E-state index contributed by atoms with van der Waals surface area (Å²) in [5.41, 5.74) is 3.79. The molecule has 0 aliphatic heterocycles. The van der Waals surface area contributed by atoms with Crippen molar-refractivity contribution in [1.29, 1.82) is 0 Å². The molecule has 0 heterocycles. The molecule has 2 rings (SSSR count). The highest BCUT2D eigenvalue weighted by atomic mass is 35.5. The van der Waals surface area contributed by atoms with Crippen LogP contribution in [0.15, 0.2) is 47.4 Å². The van der Waals surface area contributed by atoms with Gasteiger partial charge in [-0.1, -0.05) is 29.8 Å². The molecule has 0 aliphatic carbocycles. The molecule has 2 aromatic carbocycles. The second-order valence-corrected chi connectivity index (χ2v) is 7.18. The molecular weight excluding hydrogens is 326 g/mol. The minimum atomic E-state index is 0.111. The predicted octanol–water partition coefficient (Wildman–Crippen LogP) is 4.80. The summed E-state index contributed by atoms with van der Waals surface area (Å²) in [6.07, 6.45) is 1.32. The largest absolute Gasteiger partial charge is 0.355 e. The van der Waals surface area contributed by atoms with Crippen LogP contribution < -0.4 is 5.32 Å². The van der Waals surface area contributed by atoms with Gasteiger partial charge in [-0.2, -0.15) is 0 Å². The molecule has 2 aromatic rings. The van der Waals surface area contributed by atoms with Gasteiger partial charge in [0.15, 0.2) is 0 Å². The Labute approximate surface area is 147 Å².